The largest absolute Gasteiger partial charge is 0.497 e. The lowest BCUT2D eigenvalue weighted by Gasteiger charge is -2.16. The molecule has 9 heteroatoms. The van der Waals surface area contributed by atoms with Crippen LogP contribution in [0.3, 0.4) is 0 Å². The average molecular weight is 714 g/mol. The van der Waals surface area contributed by atoms with E-state index in [9.17, 15) is 8.78 Å². The van der Waals surface area contributed by atoms with Crippen molar-refractivity contribution in [2.45, 2.75) is 26.9 Å². The monoisotopic (exact) mass is 713 g/mol. The molecule has 0 saturated heterocycles. The first-order valence-corrected chi connectivity index (χ1v) is 17.1. The van der Waals surface area contributed by atoms with E-state index in [1.54, 1.807) is 45.6 Å². The number of hydrogen-bond donors (Lipinski definition) is 1. The van der Waals surface area contributed by atoms with E-state index >= 15 is 0 Å². The Kier molecular flexibility index (Phi) is 11.4. The Balaban J connectivity index is 0.000000192. The summed E-state index contributed by atoms with van der Waals surface area (Å²) in [6.45, 7) is 5.20. The number of nitrogens with zero attached hydrogens (tertiary/aromatic N) is 2. The fourth-order valence-corrected chi connectivity index (χ4v) is 6.30. The molecule has 2 heterocycles. The molecular formula is C44H41F2N3O4. The topological polar surface area (TPSA) is 74.7 Å². The predicted octanol–water partition coefficient (Wildman–Crippen LogP) is 10.0. The number of methoxy groups -OCH3 is 4. The predicted molar refractivity (Wildman–Crippen MR) is 207 cm³/mol. The summed E-state index contributed by atoms with van der Waals surface area (Å²) in [7, 11) is 6.26. The number of halogens is 2. The minimum Gasteiger partial charge on any atom is -0.497 e. The van der Waals surface area contributed by atoms with Gasteiger partial charge in [-0.2, -0.15) is 0 Å². The van der Waals surface area contributed by atoms with Crippen molar-refractivity contribution < 1.29 is 27.7 Å². The van der Waals surface area contributed by atoms with E-state index in [1.165, 1.54) is 19.2 Å². The van der Waals surface area contributed by atoms with Crippen molar-refractivity contribution in [2.24, 2.45) is 0 Å². The van der Waals surface area contributed by atoms with Crippen LogP contribution < -0.4 is 24.3 Å². The van der Waals surface area contributed by atoms with Crippen molar-refractivity contribution in [1.29, 1.82) is 0 Å². The second-order valence-electron chi connectivity index (χ2n) is 12.4. The molecule has 53 heavy (non-hydrogen) atoms. The second kappa shape index (κ2) is 16.5. The molecule has 7 nitrogen and oxygen atoms in total. The van der Waals surface area contributed by atoms with Gasteiger partial charge in [-0.05, 0) is 84.6 Å². The van der Waals surface area contributed by atoms with Crippen LogP contribution in [0.25, 0.3) is 44.3 Å². The maximum Gasteiger partial charge on any atom is 0.146 e. The molecule has 0 aliphatic rings. The van der Waals surface area contributed by atoms with Gasteiger partial charge < -0.3 is 24.3 Å². The fourth-order valence-electron chi connectivity index (χ4n) is 6.30. The Morgan fingerprint density at radius 2 is 1.04 bits per heavy atom. The molecule has 0 bridgehead atoms. The van der Waals surface area contributed by atoms with Crippen LogP contribution in [-0.4, -0.2) is 38.4 Å². The zero-order valence-corrected chi connectivity index (χ0v) is 30.6. The van der Waals surface area contributed by atoms with Crippen LogP contribution >= 0.6 is 0 Å². The van der Waals surface area contributed by atoms with Gasteiger partial charge in [0, 0.05) is 23.9 Å². The summed E-state index contributed by atoms with van der Waals surface area (Å²) in [6.07, 6.45) is 0. The number of hydrogen-bond acceptors (Lipinski definition) is 7. The average Bonchev–Trinajstić information content (AvgIpc) is 3.18. The van der Waals surface area contributed by atoms with Gasteiger partial charge in [0.1, 0.15) is 40.3 Å². The molecule has 0 spiro atoms. The highest BCUT2D eigenvalue weighted by Crippen LogP contribution is 2.39. The number of fused-ring (bicyclic) bond motifs is 2. The van der Waals surface area contributed by atoms with Crippen molar-refractivity contribution in [3.05, 3.63) is 143 Å². The smallest absolute Gasteiger partial charge is 0.146 e. The molecule has 0 unspecified atom stereocenters. The zero-order valence-electron chi connectivity index (χ0n) is 30.6. The third kappa shape index (κ3) is 7.90. The molecule has 0 radical (unpaired) electrons. The number of benzene rings is 5. The second-order valence-corrected chi connectivity index (χ2v) is 12.4. The molecule has 0 amide bonds. The molecule has 1 N–H and O–H groups in total. The molecular weight excluding hydrogens is 672 g/mol. The van der Waals surface area contributed by atoms with Gasteiger partial charge in [0.05, 0.1) is 56.3 Å². The van der Waals surface area contributed by atoms with E-state index in [-0.39, 0.29) is 5.82 Å². The number of ether oxygens (including phenoxy) is 4. The zero-order chi connectivity index (χ0) is 37.5. The molecule has 7 aromatic rings. The van der Waals surface area contributed by atoms with Crippen LogP contribution in [0, 0.1) is 25.5 Å². The highest BCUT2D eigenvalue weighted by atomic mass is 19.1. The molecule has 0 fully saturated rings. The van der Waals surface area contributed by atoms with E-state index in [1.807, 2.05) is 80.6 Å². The Morgan fingerprint density at radius 3 is 1.58 bits per heavy atom. The molecule has 0 atom stereocenters. The van der Waals surface area contributed by atoms with Gasteiger partial charge in [-0.3, -0.25) is 0 Å². The highest BCUT2D eigenvalue weighted by Gasteiger charge is 2.20. The SMILES string of the molecule is COc1cc2cccc(C)c2nc1-c1c(F)cccc1OC.COc1ccc(CNCc2cc3cccc(C)c3nc2-c2c(F)cccc2OC)cc1. The molecule has 0 aliphatic heterocycles. The summed E-state index contributed by atoms with van der Waals surface area (Å²) in [5, 5.41) is 5.44. The van der Waals surface area contributed by atoms with Gasteiger partial charge >= 0.3 is 0 Å². The maximum atomic E-state index is 14.9. The first-order valence-electron chi connectivity index (χ1n) is 17.1. The van der Waals surface area contributed by atoms with Crippen LogP contribution in [-0.2, 0) is 13.1 Å². The molecule has 2 aromatic heterocycles. The number of rotatable bonds is 10. The number of pyridine rings is 2. The van der Waals surface area contributed by atoms with Gasteiger partial charge in [-0.25, -0.2) is 18.7 Å². The van der Waals surface area contributed by atoms with Crippen LogP contribution in [0.4, 0.5) is 8.78 Å². The Hall–Kier alpha value is -6.06. The molecule has 5 aromatic carbocycles. The summed E-state index contributed by atoms with van der Waals surface area (Å²) in [6, 6.07) is 33.4. The van der Waals surface area contributed by atoms with Crippen molar-refractivity contribution in [1.82, 2.24) is 15.3 Å². The van der Waals surface area contributed by atoms with Gasteiger partial charge in [0.2, 0.25) is 0 Å². The van der Waals surface area contributed by atoms with Crippen molar-refractivity contribution in [3.8, 4) is 45.5 Å². The van der Waals surface area contributed by atoms with Gasteiger partial charge in [0.15, 0.2) is 0 Å². The van der Waals surface area contributed by atoms with E-state index in [0.29, 0.717) is 52.9 Å². The summed E-state index contributed by atoms with van der Waals surface area (Å²) in [5.74, 6) is 1.50. The minimum atomic E-state index is -0.391. The number of nitrogens with one attached hydrogen (secondary N) is 1. The van der Waals surface area contributed by atoms with Crippen LogP contribution in [0.15, 0.2) is 109 Å². The standard InChI is InChI=1S/C26H25FN2O2.C18H16FNO2/c1-17-6-4-7-19-14-20(16-28-15-18-10-12-21(30-2)13-11-18)26(29-25(17)19)24-22(27)8-5-9-23(24)31-3;1-11-6-4-7-12-10-15(22-3)18(20-17(11)12)16-13(19)8-5-9-14(16)21-2/h4-14,28H,15-16H2,1-3H3;4-10H,1-3H3. The molecule has 7 rings (SSSR count). The summed E-state index contributed by atoms with van der Waals surface area (Å²) >= 11 is 0. The van der Waals surface area contributed by atoms with Gasteiger partial charge in [0.25, 0.3) is 0 Å². The molecule has 270 valence electrons. The van der Waals surface area contributed by atoms with Crippen LogP contribution in [0.1, 0.15) is 22.3 Å². The van der Waals surface area contributed by atoms with Gasteiger partial charge in [-0.15, -0.1) is 0 Å². The number of aryl methyl sites for hydroxylation is 2. The number of para-hydroxylation sites is 2. The first kappa shape index (κ1) is 36.7. The van der Waals surface area contributed by atoms with Crippen LogP contribution in [0.2, 0.25) is 0 Å². The summed E-state index contributed by atoms with van der Waals surface area (Å²) in [4.78, 5) is 9.53. The van der Waals surface area contributed by atoms with E-state index in [0.717, 1.165) is 49.8 Å². The minimum absolute atomic E-state index is 0.312. The van der Waals surface area contributed by atoms with Crippen molar-refractivity contribution >= 4 is 21.8 Å². The Morgan fingerprint density at radius 1 is 0.528 bits per heavy atom. The first-order chi connectivity index (χ1) is 25.8. The third-order valence-corrected chi connectivity index (χ3v) is 9.03. The fraction of sp³-hybridized carbons (Fsp3) is 0.182. The van der Waals surface area contributed by atoms with Crippen molar-refractivity contribution in [2.75, 3.05) is 28.4 Å². The van der Waals surface area contributed by atoms with Crippen molar-refractivity contribution in [3.63, 3.8) is 0 Å². The highest BCUT2D eigenvalue weighted by molar-refractivity contribution is 5.89. The maximum absolute atomic E-state index is 14.9. The molecule has 0 saturated carbocycles. The Labute approximate surface area is 308 Å². The van der Waals surface area contributed by atoms with Crippen LogP contribution in [0.5, 0.6) is 23.0 Å². The normalized spacial score (nSPS) is 10.9. The lowest BCUT2D eigenvalue weighted by Crippen LogP contribution is -2.14. The van der Waals surface area contributed by atoms with E-state index in [4.69, 9.17) is 23.9 Å². The summed E-state index contributed by atoms with van der Waals surface area (Å²) < 4.78 is 50.7. The Bertz CT molecular complexity index is 2380. The van der Waals surface area contributed by atoms with Gasteiger partial charge in [-0.1, -0.05) is 60.7 Å². The van der Waals surface area contributed by atoms with E-state index < -0.39 is 5.82 Å². The quantitative estimate of drug-likeness (QED) is 0.151. The van der Waals surface area contributed by atoms with E-state index in [2.05, 4.69) is 16.4 Å². The lowest BCUT2D eigenvalue weighted by atomic mass is 10.0. The molecule has 0 aliphatic carbocycles. The third-order valence-electron chi connectivity index (χ3n) is 9.03. The summed E-state index contributed by atoms with van der Waals surface area (Å²) in [5.41, 5.74) is 7.54. The number of aromatic nitrogens is 2. The lowest BCUT2D eigenvalue weighted by molar-refractivity contribution is 0.407.